The molecule has 1 aromatic heterocycles. The molecular weight excluding hydrogens is 276 g/mol. The zero-order chi connectivity index (χ0) is 15.4. The first-order valence-electron chi connectivity index (χ1n) is 7.90. The van der Waals surface area contributed by atoms with Gasteiger partial charge in [0.2, 0.25) is 0 Å². The molecular formula is C17H22N4O. The number of amides is 2. The fourth-order valence-corrected chi connectivity index (χ4v) is 3.05. The van der Waals surface area contributed by atoms with Gasteiger partial charge in [0.15, 0.2) is 0 Å². The van der Waals surface area contributed by atoms with Crippen molar-refractivity contribution in [3.05, 3.63) is 42.7 Å². The van der Waals surface area contributed by atoms with Crippen LogP contribution < -0.4 is 10.6 Å². The number of anilines is 1. The van der Waals surface area contributed by atoms with Gasteiger partial charge < -0.3 is 10.6 Å². The van der Waals surface area contributed by atoms with Crippen molar-refractivity contribution >= 4 is 11.7 Å². The van der Waals surface area contributed by atoms with Crippen molar-refractivity contribution in [3.63, 3.8) is 0 Å². The highest BCUT2D eigenvalue weighted by Gasteiger charge is 2.23. The van der Waals surface area contributed by atoms with Crippen molar-refractivity contribution in [2.75, 3.05) is 5.32 Å². The molecule has 5 nitrogen and oxygen atoms in total. The maximum Gasteiger partial charge on any atom is 0.319 e. The Morgan fingerprint density at radius 2 is 2.05 bits per heavy atom. The van der Waals surface area contributed by atoms with Gasteiger partial charge in [0.05, 0.1) is 11.4 Å². The minimum atomic E-state index is -0.140. The van der Waals surface area contributed by atoms with E-state index in [1.54, 1.807) is 10.9 Å². The van der Waals surface area contributed by atoms with E-state index in [1.165, 1.54) is 19.3 Å². The van der Waals surface area contributed by atoms with Crippen LogP contribution >= 0.6 is 0 Å². The summed E-state index contributed by atoms with van der Waals surface area (Å²) in [5.74, 6) is 0.542. The molecule has 2 N–H and O–H groups in total. The van der Waals surface area contributed by atoms with Crippen molar-refractivity contribution in [1.29, 1.82) is 0 Å². The Kier molecular flexibility index (Phi) is 4.42. The standard InChI is InChI=1S/C17H22N4O/c1-13-7-2-3-8-14(13)19-17(22)20-15-9-4-5-10-16(15)21-12-6-11-18-21/h4-6,9-14H,2-3,7-8H2,1H3,(H2,19,20,22)/t13-,14-/m1/s1. The first-order chi connectivity index (χ1) is 10.7. The van der Waals surface area contributed by atoms with E-state index >= 15 is 0 Å². The molecule has 3 rings (SSSR count). The molecule has 0 aliphatic heterocycles. The monoisotopic (exact) mass is 298 g/mol. The van der Waals surface area contributed by atoms with E-state index in [0.717, 1.165) is 17.8 Å². The van der Waals surface area contributed by atoms with E-state index in [0.29, 0.717) is 5.92 Å². The van der Waals surface area contributed by atoms with Crippen molar-refractivity contribution in [3.8, 4) is 5.69 Å². The maximum absolute atomic E-state index is 12.3. The Bertz CT molecular complexity index is 623. The van der Waals surface area contributed by atoms with E-state index in [2.05, 4.69) is 22.7 Å². The number of para-hydroxylation sites is 2. The Labute approximate surface area is 130 Å². The van der Waals surface area contributed by atoms with Crippen LogP contribution in [0, 0.1) is 5.92 Å². The lowest BCUT2D eigenvalue weighted by molar-refractivity contribution is 0.232. The summed E-state index contributed by atoms with van der Waals surface area (Å²) in [7, 11) is 0. The van der Waals surface area contributed by atoms with E-state index in [1.807, 2.05) is 36.5 Å². The van der Waals surface area contributed by atoms with Gasteiger partial charge in [-0.25, -0.2) is 9.48 Å². The fraction of sp³-hybridized carbons (Fsp3) is 0.412. The van der Waals surface area contributed by atoms with Crippen molar-refractivity contribution < 1.29 is 4.79 Å². The number of hydrogen-bond donors (Lipinski definition) is 2. The number of carbonyl (C=O) groups is 1. The average molecular weight is 298 g/mol. The predicted molar refractivity (Wildman–Crippen MR) is 87.1 cm³/mol. The molecule has 0 bridgehead atoms. The van der Waals surface area contributed by atoms with Gasteiger partial charge in [-0.2, -0.15) is 5.10 Å². The lowest BCUT2D eigenvalue weighted by Gasteiger charge is -2.29. The van der Waals surface area contributed by atoms with Crippen molar-refractivity contribution in [2.45, 2.75) is 38.6 Å². The molecule has 0 unspecified atom stereocenters. The topological polar surface area (TPSA) is 59.0 Å². The molecule has 0 saturated heterocycles. The number of nitrogens with one attached hydrogen (secondary N) is 2. The Morgan fingerprint density at radius 3 is 2.82 bits per heavy atom. The number of aromatic nitrogens is 2. The minimum absolute atomic E-state index is 0.140. The zero-order valence-corrected chi connectivity index (χ0v) is 12.8. The maximum atomic E-state index is 12.3. The summed E-state index contributed by atoms with van der Waals surface area (Å²) in [6, 6.07) is 9.66. The fourth-order valence-electron chi connectivity index (χ4n) is 3.05. The number of carbonyl (C=O) groups excluding carboxylic acids is 1. The number of hydrogen-bond acceptors (Lipinski definition) is 2. The molecule has 2 aromatic rings. The molecule has 0 radical (unpaired) electrons. The average Bonchev–Trinajstić information content (AvgIpc) is 3.04. The van der Waals surface area contributed by atoms with Gasteiger partial charge >= 0.3 is 6.03 Å². The third-order valence-electron chi connectivity index (χ3n) is 4.33. The Morgan fingerprint density at radius 1 is 1.23 bits per heavy atom. The van der Waals surface area contributed by atoms with E-state index in [-0.39, 0.29) is 12.1 Å². The molecule has 2 atom stereocenters. The Hall–Kier alpha value is -2.30. The smallest absolute Gasteiger partial charge is 0.319 e. The van der Waals surface area contributed by atoms with Gasteiger partial charge in [-0.1, -0.05) is 31.9 Å². The highest BCUT2D eigenvalue weighted by molar-refractivity contribution is 5.91. The van der Waals surface area contributed by atoms with Crippen molar-refractivity contribution in [2.24, 2.45) is 5.92 Å². The Balaban J connectivity index is 1.69. The van der Waals surface area contributed by atoms with Gasteiger partial charge in [0.1, 0.15) is 0 Å². The van der Waals surface area contributed by atoms with Crippen LogP contribution in [0.25, 0.3) is 5.69 Å². The van der Waals surface area contributed by atoms with Crippen LogP contribution in [0.1, 0.15) is 32.6 Å². The summed E-state index contributed by atoms with van der Waals surface area (Å²) in [4.78, 5) is 12.3. The largest absolute Gasteiger partial charge is 0.335 e. The van der Waals surface area contributed by atoms with Crippen molar-refractivity contribution in [1.82, 2.24) is 15.1 Å². The summed E-state index contributed by atoms with van der Waals surface area (Å²) < 4.78 is 1.75. The molecule has 1 fully saturated rings. The summed E-state index contributed by atoms with van der Waals surface area (Å²) in [5.41, 5.74) is 1.62. The lowest BCUT2D eigenvalue weighted by atomic mass is 9.86. The third kappa shape index (κ3) is 3.30. The van der Waals surface area contributed by atoms with Crippen LogP contribution in [-0.4, -0.2) is 21.9 Å². The molecule has 1 aliphatic rings. The summed E-state index contributed by atoms with van der Waals surface area (Å²) >= 11 is 0. The van der Waals surface area contributed by atoms with E-state index in [9.17, 15) is 4.79 Å². The van der Waals surface area contributed by atoms with Gasteiger partial charge in [-0.15, -0.1) is 0 Å². The second-order valence-corrected chi connectivity index (χ2v) is 5.93. The zero-order valence-electron chi connectivity index (χ0n) is 12.8. The summed E-state index contributed by atoms with van der Waals surface area (Å²) in [6.07, 6.45) is 8.30. The lowest BCUT2D eigenvalue weighted by Crippen LogP contribution is -2.43. The van der Waals surface area contributed by atoms with Gasteiger partial charge in [-0.05, 0) is 37.0 Å². The number of urea groups is 1. The number of benzene rings is 1. The van der Waals surface area contributed by atoms with E-state index < -0.39 is 0 Å². The SMILES string of the molecule is C[C@@H]1CCCC[C@H]1NC(=O)Nc1ccccc1-n1cccn1. The molecule has 1 aliphatic carbocycles. The predicted octanol–water partition coefficient (Wildman–Crippen LogP) is 3.57. The van der Waals surface area contributed by atoms with Gasteiger partial charge in [-0.3, -0.25) is 0 Å². The molecule has 1 heterocycles. The van der Waals surface area contributed by atoms with Gasteiger partial charge in [0, 0.05) is 18.4 Å². The first-order valence-corrected chi connectivity index (χ1v) is 7.90. The van der Waals surface area contributed by atoms with Crippen LogP contribution in [0.2, 0.25) is 0 Å². The minimum Gasteiger partial charge on any atom is -0.335 e. The third-order valence-corrected chi connectivity index (χ3v) is 4.33. The first kappa shape index (κ1) is 14.6. The molecule has 2 amide bonds. The van der Waals surface area contributed by atoms with Crippen LogP contribution in [0.3, 0.4) is 0 Å². The van der Waals surface area contributed by atoms with Crippen LogP contribution in [0.5, 0.6) is 0 Å². The molecule has 1 saturated carbocycles. The molecule has 5 heteroatoms. The highest BCUT2D eigenvalue weighted by atomic mass is 16.2. The molecule has 22 heavy (non-hydrogen) atoms. The second-order valence-electron chi connectivity index (χ2n) is 5.93. The number of rotatable bonds is 3. The van der Waals surface area contributed by atoms with E-state index in [4.69, 9.17) is 0 Å². The molecule has 1 aromatic carbocycles. The summed E-state index contributed by atoms with van der Waals surface area (Å²) in [5, 5.41) is 10.3. The highest BCUT2D eigenvalue weighted by Crippen LogP contribution is 2.24. The van der Waals surface area contributed by atoms with Crippen LogP contribution in [0.4, 0.5) is 10.5 Å². The van der Waals surface area contributed by atoms with Crippen LogP contribution in [0.15, 0.2) is 42.7 Å². The summed E-state index contributed by atoms with van der Waals surface area (Å²) in [6.45, 7) is 2.21. The van der Waals surface area contributed by atoms with Crippen LogP contribution in [-0.2, 0) is 0 Å². The molecule has 0 spiro atoms. The second kappa shape index (κ2) is 6.64. The van der Waals surface area contributed by atoms with Gasteiger partial charge in [0.25, 0.3) is 0 Å². The molecule has 116 valence electrons. The number of nitrogens with zero attached hydrogens (tertiary/aromatic N) is 2. The normalized spacial score (nSPS) is 21.3. The quantitative estimate of drug-likeness (QED) is 0.910.